The molecule has 2 aromatic rings. The van der Waals surface area contributed by atoms with Crippen LogP contribution in [-0.4, -0.2) is 87.6 Å². The number of aliphatic hydroxyl groups excluding tert-OH is 1. The first kappa shape index (κ1) is 29.3. The maximum atomic E-state index is 13.8. The molecule has 3 aliphatic rings. The first-order chi connectivity index (χ1) is 19.5. The largest absolute Gasteiger partial charge is 0.600 e. The molecule has 4 heterocycles. The Morgan fingerprint density at radius 3 is 2.27 bits per heavy atom. The second-order valence-electron chi connectivity index (χ2n) is 11.9. The van der Waals surface area contributed by atoms with Gasteiger partial charge in [0.05, 0.1) is 23.3 Å². The lowest BCUT2D eigenvalue weighted by Crippen LogP contribution is -2.71. The number of carbonyl (C=O) groups excluding carboxylic acids is 4. The van der Waals surface area contributed by atoms with Gasteiger partial charge in [0.1, 0.15) is 11.7 Å². The zero-order chi connectivity index (χ0) is 29.5. The van der Waals surface area contributed by atoms with Crippen LogP contribution in [0.5, 0.6) is 0 Å². The smallest absolute Gasteiger partial charge is 0.587 e. The molecule has 12 heteroatoms. The van der Waals surface area contributed by atoms with E-state index in [2.05, 4.69) is 10.3 Å². The minimum Gasteiger partial charge on any atom is -0.600 e. The van der Waals surface area contributed by atoms with Gasteiger partial charge in [0.25, 0.3) is 5.91 Å². The minimum atomic E-state index is -2.53. The van der Waals surface area contributed by atoms with E-state index in [0.717, 1.165) is 5.56 Å². The number of ketones is 1. The van der Waals surface area contributed by atoms with Crippen LogP contribution in [0.25, 0.3) is 11.3 Å². The topological polar surface area (TPSA) is 132 Å². The van der Waals surface area contributed by atoms with Gasteiger partial charge in [-0.05, 0) is 37.2 Å². The fourth-order valence-corrected chi connectivity index (χ4v) is 8.22. The molecule has 1 amide bonds. The molecule has 218 valence electrons. The molecule has 1 aromatic carbocycles. The lowest BCUT2D eigenvalue weighted by atomic mass is 9.51. The fourth-order valence-electron chi connectivity index (χ4n) is 6.72. The summed E-state index contributed by atoms with van der Waals surface area (Å²) in [6.07, 6.45) is -0.900. The second kappa shape index (κ2) is 11.2. The van der Waals surface area contributed by atoms with Crippen molar-refractivity contribution >= 4 is 42.1 Å². The number of hydrogen-bond acceptors (Lipinski definition) is 9. The van der Waals surface area contributed by atoms with E-state index in [-0.39, 0.29) is 22.4 Å². The molecule has 5 rings (SSSR count). The number of hydrogen-bond donors (Lipinski definition) is 2. The molecule has 0 bridgehead atoms. The van der Waals surface area contributed by atoms with Crippen LogP contribution in [0.2, 0.25) is 5.82 Å². The van der Waals surface area contributed by atoms with Gasteiger partial charge < -0.3 is 24.1 Å². The molecule has 7 atom stereocenters. The number of nitrogens with one attached hydrogen (secondary N) is 1. The van der Waals surface area contributed by atoms with Crippen LogP contribution in [-0.2, 0) is 23.7 Å². The second-order valence-corrected chi connectivity index (χ2v) is 13.0. The lowest BCUT2D eigenvalue weighted by molar-refractivity contribution is -0.840. The van der Waals surface area contributed by atoms with Crippen LogP contribution in [0, 0.1) is 5.92 Å². The van der Waals surface area contributed by atoms with Crippen molar-refractivity contribution in [2.45, 2.75) is 63.7 Å². The van der Waals surface area contributed by atoms with E-state index in [1.165, 1.54) is 18.7 Å². The SMILES string of the molecule is CC(C)C[C@H](CC(=O)[C@@H](NC(=O)c1cccc(-c2ccccc2)n1)[C@@H](C)O)[B-]12OC(=O)[C@H]3CSC[C@@H](C(=O)O1)[N+]32C. The van der Waals surface area contributed by atoms with Crippen LogP contribution in [0.1, 0.15) is 44.1 Å². The van der Waals surface area contributed by atoms with Gasteiger partial charge in [-0.2, -0.15) is 0 Å². The normalized spacial score (nSPS) is 28.8. The Kier molecular flexibility index (Phi) is 8.02. The number of aliphatic hydroxyl groups is 1. The van der Waals surface area contributed by atoms with Crippen LogP contribution < -0.4 is 5.32 Å². The Hall–Kier alpha value is -3.22. The number of nitrogens with zero attached hydrogens (tertiary/aromatic N) is 2. The van der Waals surface area contributed by atoms with E-state index in [1.54, 1.807) is 18.2 Å². The Morgan fingerprint density at radius 1 is 1.05 bits per heavy atom. The Morgan fingerprint density at radius 2 is 1.68 bits per heavy atom. The molecule has 41 heavy (non-hydrogen) atoms. The lowest BCUT2D eigenvalue weighted by Gasteiger charge is -2.51. The number of benzene rings is 1. The highest BCUT2D eigenvalue weighted by Crippen LogP contribution is 2.53. The molecular weight excluding hydrogens is 545 g/mol. The molecule has 0 saturated carbocycles. The molecule has 2 N–H and O–H groups in total. The van der Waals surface area contributed by atoms with Crippen LogP contribution in [0.4, 0.5) is 0 Å². The number of carbonyl (C=O) groups is 4. The number of amides is 1. The summed E-state index contributed by atoms with van der Waals surface area (Å²) in [5.41, 5.74) is 1.55. The van der Waals surface area contributed by atoms with E-state index in [1.807, 2.05) is 51.2 Å². The third-order valence-electron chi connectivity index (χ3n) is 8.78. The summed E-state index contributed by atoms with van der Waals surface area (Å²) in [5.74, 6) is -1.37. The van der Waals surface area contributed by atoms with Crippen molar-refractivity contribution in [2.24, 2.45) is 5.92 Å². The van der Waals surface area contributed by atoms with Gasteiger partial charge >= 0.3 is 18.6 Å². The van der Waals surface area contributed by atoms with Crippen molar-refractivity contribution in [3.63, 3.8) is 0 Å². The molecule has 2 unspecified atom stereocenters. The third kappa shape index (κ3) is 5.06. The molecule has 0 radical (unpaired) electrons. The van der Waals surface area contributed by atoms with Crippen LogP contribution >= 0.6 is 11.8 Å². The minimum absolute atomic E-state index is 0.0250. The molecule has 0 aliphatic carbocycles. The molecule has 1 aromatic heterocycles. The first-order valence-corrected chi connectivity index (χ1v) is 15.2. The van der Waals surface area contributed by atoms with E-state index < -0.39 is 60.4 Å². The summed E-state index contributed by atoms with van der Waals surface area (Å²) >= 11 is 1.53. The van der Waals surface area contributed by atoms with Crippen molar-refractivity contribution in [1.82, 2.24) is 10.3 Å². The van der Waals surface area contributed by atoms with E-state index in [9.17, 15) is 24.3 Å². The van der Waals surface area contributed by atoms with Gasteiger partial charge in [0.15, 0.2) is 17.9 Å². The third-order valence-corrected chi connectivity index (χ3v) is 9.89. The highest BCUT2D eigenvalue weighted by molar-refractivity contribution is 7.99. The summed E-state index contributed by atoms with van der Waals surface area (Å²) < 4.78 is 12.0. The van der Waals surface area contributed by atoms with Gasteiger partial charge in [-0.25, -0.2) is 14.6 Å². The summed E-state index contributed by atoms with van der Waals surface area (Å²) in [6, 6.07) is 12.1. The van der Waals surface area contributed by atoms with E-state index in [4.69, 9.17) is 9.31 Å². The Bertz CT molecular complexity index is 1330. The molecule has 0 spiro atoms. The standard InChI is InChI=1S/C29H36BN3O7S/c1-17(2)13-20(30-33(4)23(28(37)39-30)15-41-16-24(33)29(38)40-30)14-25(35)26(18(3)34)32-27(36)22-12-8-11-21(31-22)19-9-6-5-7-10-19/h5-12,17-18,20,23-24,26,34H,13-16H2,1-4H3,(H,32,36)/t18-,20-,23-,24+,26+,30?,33?/m1/s1. The number of Topliss-reactive ketones (excluding diaryl/α,β-unsaturated/α-hetero) is 1. The van der Waals surface area contributed by atoms with Crippen LogP contribution in [0.3, 0.4) is 0 Å². The quantitative estimate of drug-likeness (QED) is 0.407. The Labute approximate surface area is 243 Å². The zero-order valence-electron chi connectivity index (χ0n) is 23.7. The first-order valence-electron chi connectivity index (χ1n) is 14.1. The maximum Gasteiger partial charge on any atom is 0.587 e. The van der Waals surface area contributed by atoms with Gasteiger partial charge in [-0.3, -0.25) is 9.59 Å². The van der Waals surface area contributed by atoms with Gasteiger partial charge in [0, 0.05) is 12.6 Å². The molecule has 3 aliphatic heterocycles. The predicted molar refractivity (Wildman–Crippen MR) is 154 cm³/mol. The van der Waals surface area contributed by atoms with Gasteiger partial charge in [0.2, 0.25) is 0 Å². The van der Waals surface area contributed by atoms with Crippen molar-refractivity contribution in [3.05, 3.63) is 54.2 Å². The fraction of sp³-hybridized carbons (Fsp3) is 0.483. The highest BCUT2D eigenvalue weighted by atomic mass is 32.2. The number of thioether (sulfide) groups is 1. The molecule has 10 nitrogen and oxygen atoms in total. The Balaban J connectivity index is 1.40. The summed E-state index contributed by atoms with van der Waals surface area (Å²) in [7, 11) is 1.84. The number of aromatic nitrogens is 1. The van der Waals surface area contributed by atoms with Crippen LogP contribution in [0.15, 0.2) is 48.5 Å². The average molecular weight is 582 g/mol. The molecule has 3 fully saturated rings. The maximum absolute atomic E-state index is 13.8. The van der Waals surface area contributed by atoms with Crippen molar-refractivity contribution in [2.75, 3.05) is 18.6 Å². The number of likely N-dealkylation sites (N-methyl/N-ethyl adjacent to an activating group) is 1. The summed E-state index contributed by atoms with van der Waals surface area (Å²) in [4.78, 5) is 57.6. The number of rotatable bonds is 10. The highest BCUT2D eigenvalue weighted by Gasteiger charge is 2.76. The van der Waals surface area contributed by atoms with Gasteiger partial charge in [-0.1, -0.05) is 56.7 Å². The number of quaternary nitrogens is 1. The van der Waals surface area contributed by atoms with Gasteiger partial charge in [-0.15, -0.1) is 11.8 Å². The summed E-state index contributed by atoms with van der Waals surface area (Å²) in [5, 5.41) is 13.3. The van der Waals surface area contributed by atoms with Crippen molar-refractivity contribution < 1.29 is 38.0 Å². The summed E-state index contributed by atoms with van der Waals surface area (Å²) in [6.45, 7) is 2.87. The predicted octanol–water partition coefficient (Wildman–Crippen LogP) is 2.59. The average Bonchev–Trinajstić information content (AvgIpc) is 3.31. The molecular formula is C29H36BN3O7S. The van der Waals surface area contributed by atoms with Crippen molar-refractivity contribution in [3.8, 4) is 11.3 Å². The zero-order valence-corrected chi connectivity index (χ0v) is 24.5. The van der Waals surface area contributed by atoms with E-state index in [0.29, 0.717) is 23.6 Å². The number of pyridine rings is 1. The monoisotopic (exact) mass is 581 g/mol. The molecule has 3 saturated heterocycles. The van der Waals surface area contributed by atoms with E-state index >= 15 is 0 Å². The van der Waals surface area contributed by atoms with Crippen molar-refractivity contribution in [1.29, 1.82) is 0 Å².